The first-order valence-corrected chi connectivity index (χ1v) is 17.6. The van der Waals surface area contributed by atoms with Gasteiger partial charge >= 0.3 is 0 Å². The number of aromatic nitrogens is 2. The van der Waals surface area contributed by atoms with Crippen LogP contribution in [0.3, 0.4) is 0 Å². The Kier molecular flexibility index (Phi) is 6.01. The molecule has 1 aromatic heterocycles. The highest BCUT2D eigenvalue weighted by Crippen LogP contribution is 2.52. The highest BCUT2D eigenvalue weighted by atomic mass is 14.8. The molecule has 238 valence electrons. The lowest BCUT2D eigenvalue weighted by molar-refractivity contribution is 0.660. The third kappa shape index (κ3) is 3.96. The van der Waals surface area contributed by atoms with Crippen molar-refractivity contribution in [2.45, 2.75) is 38.5 Å². The van der Waals surface area contributed by atoms with Crippen molar-refractivity contribution in [2.24, 2.45) is 0 Å². The first-order chi connectivity index (χ1) is 24.3. The summed E-state index contributed by atoms with van der Waals surface area (Å²) >= 11 is 0. The molecule has 0 amide bonds. The van der Waals surface area contributed by atoms with Gasteiger partial charge in [-0.25, -0.2) is 9.97 Å². The Bertz CT molecular complexity index is 2700. The van der Waals surface area contributed by atoms with Gasteiger partial charge in [0.15, 0.2) is 0 Å². The number of fused-ring (bicyclic) bond motifs is 8. The zero-order valence-corrected chi connectivity index (χ0v) is 28.8. The number of rotatable bonds is 3. The third-order valence-electron chi connectivity index (χ3n) is 11.7. The molecule has 50 heavy (non-hydrogen) atoms. The second-order valence-corrected chi connectivity index (χ2v) is 15.0. The van der Waals surface area contributed by atoms with E-state index in [1.54, 1.807) is 6.33 Å². The summed E-state index contributed by atoms with van der Waals surface area (Å²) in [6.45, 7) is 9.44. The largest absolute Gasteiger partial charge is 0.245 e. The number of benzene rings is 7. The fraction of sp³-hybridized carbons (Fsp3) is 0.125. The van der Waals surface area contributed by atoms with Crippen LogP contribution in [-0.4, -0.2) is 9.97 Å². The van der Waals surface area contributed by atoms with Crippen LogP contribution in [0.2, 0.25) is 0 Å². The van der Waals surface area contributed by atoms with Crippen LogP contribution in [-0.2, 0) is 10.8 Å². The van der Waals surface area contributed by atoms with Gasteiger partial charge in [-0.3, -0.25) is 0 Å². The Morgan fingerprint density at radius 2 is 0.900 bits per heavy atom. The molecule has 2 nitrogen and oxygen atoms in total. The summed E-state index contributed by atoms with van der Waals surface area (Å²) in [7, 11) is 0. The number of hydrogen-bond acceptors (Lipinski definition) is 2. The van der Waals surface area contributed by atoms with E-state index in [0.29, 0.717) is 0 Å². The van der Waals surface area contributed by atoms with E-state index in [1.165, 1.54) is 88.3 Å². The van der Waals surface area contributed by atoms with E-state index >= 15 is 0 Å². The molecule has 2 heteroatoms. The van der Waals surface area contributed by atoms with Crippen molar-refractivity contribution < 1.29 is 0 Å². The van der Waals surface area contributed by atoms with Crippen molar-refractivity contribution in [3.8, 4) is 55.8 Å². The molecule has 10 rings (SSSR count). The SMILES string of the molecule is CC1(C)c2ccccc2-c2ccc(-c3ccc4c(-c5ccncn5)c5ccccc5c(-c5ccc6c(c5)C(C)(C)c5ccccc5-6)c4c3)cc21. The average Bonchev–Trinajstić information content (AvgIpc) is 3.53. The highest BCUT2D eigenvalue weighted by molar-refractivity contribution is 6.21. The monoisotopic (exact) mass is 640 g/mol. The molecule has 0 unspecified atom stereocenters. The minimum atomic E-state index is -0.0889. The molecule has 8 aromatic rings. The fourth-order valence-electron chi connectivity index (χ4n) is 9.13. The van der Waals surface area contributed by atoms with Crippen LogP contribution in [0, 0.1) is 0 Å². The predicted octanol–water partition coefficient (Wildman–Crippen LogP) is 12.4. The van der Waals surface area contributed by atoms with Gasteiger partial charge in [0.25, 0.3) is 0 Å². The molecule has 2 aliphatic carbocycles. The van der Waals surface area contributed by atoms with E-state index in [1.807, 2.05) is 12.3 Å². The Morgan fingerprint density at radius 3 is 1.54 bits per heavy atom. The number of hydrogen-bond donors (Lipinski definition) is 0. The van der Waals surface area contributed by atoms with Crippen molar-refractivity contribution in [3.05, 3.63) is 168 Å². The second kappa shape index (κ2) is 10.3. The molecule has 0 saturated carbocycles. The topological polar surface area (TPSA) is 25.8 Å². The van der Waals surface area contributed by atoms with Crippen LogP contribution in [0.5, 0.6) is 0 Å². The molecule has 0 spiro atoms. The highest BCUT2D eigenvalue weighted by Gasteiger charge is 2.36. The van der Waals surface area contributed by atoms with Gasteiger partial charge in [-0.05, 0) is 113 Å². The summed E-state index contributed by atoms with van der Waals surface area (Å²) in [6, 6.07) is 49.9. The minimum absolute atomic E-state index is 0.0604. The van der Waals surface area contributed by atoms with Gasteiger partial charge in [0, 0.05) is 22.6 Å². The van der Waals surface area contributed by atoms with Crippen LogP contribution in [0.4, 0.5) is 0 Å². The van der Waals surface area contributed by atoms with Gasteiger partial charge in [0.2, 0.25) is 0 Å². The molecule has 0 N–H and O–H groups in total. The molecular formula is C48H36N2. The lowest BCUT2D eigenvalue weighted by Gasteiger charge is -2.23. The molecule has 0 fully saturated rings. The van der Waals surface area contributed by atoms with Crippen molar-refractivity contribution in [1.29, 1.82) is 0 Å². The quantitative estimate of drug-likeness (QED) is 0.180. The van der Waals surface area contributed by atoms with E-state index in [0.717, 1.165) is 11.3 Å². The van der Waals surface area contributed by atoms with Gasteiger partial charge < -0.3 is 0 Å². The van der Waals surface area contributed by atoms with Crippen molar-refractivity contribution in [3.63, 3.8) is 0 Å². The molecule has 2 aliphatic rings. The van der Waals surface area contributed by atoms with E-state index in [-0.39, 0.29) is 10.8 Å². The first kappa shape index (κ1) is 29.1. The van der Waals surface area contributed by atoms with Gasteiger partial charge in [0.1, 0.15) is 6.33 Å². The van der Waals surface area contributed by atoms with Crippen LogP contribution in [0.1, 0.15) is 49.9 Å². The fourth-order valence-corrected chi connectivity index (χ4v) is 9.13. The zero-order valence-electron chi connectivity index (χ0n) is 28.8. The summed E-state index contributed by atoms with van der Waals surface area (Å²) in [6.07, 6.45) is 3.50. The average molecular weight is 641 g/mol. The standard InChI is InChI=1S/C48H36N2/c1-47(2)40-15-9-7-11-32(40)34-20-17-30(26-42(34)47)29-18-22-38-39(25-29)45(36-13-5-6-14-37(36)46(38)44-23-24-49-28-50-44)31-19-21-35-33-12-8-10-16-41(33)48(3,4)43(35)27-31/h5-28H,1-4H3. The Labute approximate surface area is 293 Å². The molecule has 0 atom stereocenters. The van der Waals surface area contributed by atoms with Crippen molar-refractivity contribution in [1.82, 2.24) is 9.97 Å². The first-order valence-electron chi connectivity index (χ1n) is 17.6. The maximum atomic E-state index is 4.79. The molecule has 0 aliphatic heterocycles. The zero-order chi connectivity index (χ0) is 33.8. The molecule has 0 radical (unpaired) electrons. The van der Waals surface area contributed by atoms with Crippen molar-refractivity contribution in [2.75, 3.05) is 0 Å². The summed E-state index contributed by atoms with van der Waals surface area (Å²) in [5, 5.41) is 4.84. The maximum Gasteiger partial charge on any atom is 0.116 e. The van der Waals surface area contributed by atoms with Gasteiger partial charge in [-0.1, -0.05) is 137 Å². The Hall–Kier alpha value is -5.86. The molecule has 7 aromatic carbocycles. The van der Waals surface area contributed by atoms with Crippen LogP contribution < -0.4 is 0 Å². The summed E-state index contributed by atoms with van der Waals surface area (Å²) in [5.41, 5.74) is 17.8. The number of nitrogens with zero attached hydrogens (tertiary/aromatic N) is 2. The molecule has 0 saturated heterocycles. The maximum absolute atomic E-state index is 4.79. The lowest BCUT2D eigenvalue weighted by Crippen LogP contribution is -2.15. The van der Waals surface area contributed by atoms with Gasteiger partial charge in [0.05, 0.1) is 5.69 Å². The summed E-state index contributed by atoms with van der Waals surface area (Å²) < 4.78 is 0. The van der Waals surface area contributed by atoms with Crippen LogP contribution in [0.15, 0.2) is 146 Å². The van der Waals surface area contributed by atoms with Gasteiger partial charge in [-0.15, -0.1) is 0 Å². The van der Waals surface area contributed by atoms with E-state index in [2.05, 4.69) is 160 Å². The molecular weight excluding hydrogens is 605 g/mol. The van der Waals surface area contributed by atoms with E-state index in [9.17, 15) is 0 Å². The van der Waals surface area contributed by atoms with Crippen molar-refractivity contribution >= 4 is 21.5 Å². The summed E-state index contributed by atoms with van der Waals surface area (Å²) in [5.74, 6) is 0. The molecule has 1 heterocycles. The lowest BCUT2D eigenvalue weighted by atomic mass is 9.80. The Morgan fingerprint density at radius 1 is 0.400 bits per heavy atom. The minimum Gasteiger partial charge on any atom is -0.245 e. The molecule has 0 bridgehead atoms. The van der Waals surface area contributed by atoms with Crippen LogP contribution >= 0.6 is 0 Å². The van der Waals surface area contributed by atoms with Crippen LogP contribution in [0.25, 0.3) is 77.3 Å². The second-order valence-electron chi connectivity index (χ2n) is 15.0. The smallest absolute Gasteiger partial charge is 0.116 e. The predicted molar refractivity (Wildman–Crippen MR) is 208 cm³/mol. The Balaban J connectivity index is 1.25. The normalized spacial score (nSPS) is 14.7. The summed E-state index contributed by atoms with van der Waals surface area (Å²) in [4.78, 5) is 9.04. The van der Waals surface area contributed by atoms with E-state index in [4.69, 9.17) is 4.98 Å². The van der Waals surface area contributed by atoms with Gasteiger partial charge in [-0.2, -0.15) is 0 Å². The third-order valence-corrected chi connectivity index (χ3v) is 11.7. The van der Waals surface area contributed by atoms with E-state index < -0.39 is 0 Å².